The van der Waals surface area contributed by atoms with Crippen LogP contribution in [-0.2, 0) is 0 Å². The van der Waals surface area contributed by atoms with Crippen LogP contribution in [0.15, 0.2) is 49.1 Å². The Balaban J connectivity index is 1.77. The zero-order valence-electron chi connectivity index (χ0n) is 16.0. The van der Waals surface area contributed by atoms with Crippen molar-refractivity contribution in [3.05, 3.63) is 65.7 Å². The molecule has 5 heteroatoms. The van der Waals surface area contributed by atoms with Gasteiger partial charge in [0.25, 0.3) is 6.71 Å². The van der Waals surface area contributed by atoms with Gasteiger partial charge >= 0.3 is 0 Å². The summed E-state index contributed by atoms with van der Waals surface area (Å²) in [7, 11) is 0. The zero-order valence-corrected chi connectivity index (χ0v) is 16.0. The zero-order chi connectivity index (χ0) is 18.7. The van der Waals surface area contributed by atoms with Gasteiger partial charge in [0.15, 0.2) is 0 Å². The first kappa shape index (κ1) is 14.7. The summed E-state index contributed by atoms with van der Waals surface area (Å²) in [6, 6.07) is 13.7. The maximum Gasteiger partial charge on any atom is 0.252 e. The first-order valence-electron chi connectivity index (χ1n) is 9.70. The van der Waals surface area contributed by atoms with Crippen molar-refractivity contribution in [2.24, 2.45) is 0 Å². The number of imidazole rings is 2. The van der Waals surface area contributed by atoms with Gasteiger partial charge < -0.3 is 0 Å². The summed E-state index contributed by atoms with van der Waals surface area (Å²) < 4.78 is 4.56. The Labute approximate surface area is 162 Å². The van der Waals surface area contributed by atoms with Gasteiger partial charge in [-0.05, 0) is 78.1 Å². The average Bonchev–Trinajstić information content (AvgIpc) is 3.26. The largest absolute Gasteiger partial charge is 0.300 e. The molecular formula is C23H17BN4. The third kappa shape index (κ3) is 1.56. The van der Waals surface area contributed by atoms with Crippen LogP contribution in [0.4, 0.5) is 0 Å². The molecule has 28 heavy (non-hydrogen) atoms. The summed E-state index contributed by atoms with van der Waals surface area (Å²) in [5, 5.41) is 0. The van der Waals surface area contributed by atoms with E-state index >= 15 is 0 Å². The molecule has 0 radical (unpaired) electrons. The lowest BCUT2D eigenvalue weighted by atomic mass is 9.34. The van der Waals surface area contributed by atoms with Crippen LogP contribution in [0, 0.1) is 20.8 Å². The molecule has 132 valence electrons. The highest BCUT2D eigenvalue weighted by Gasteiger charge is 2.39. The van der Waals surface area contributed by atoms with Gasteiger partial charge in [0.2, 0.25) is 0 Å². The van der Waals surface area contributed by atoms with Crippen LogP contribution in [0.5, 0.6) is 0 Å². The summed E-state index contributed by atoms with van der Waals surface area (Å²) in [4.78, 5) is 9.49. The number of fused-ring (bicyclic) bond motifs is 4. The Morgan fingerprint density at radius 2 is 1.11 bits per heavy atom. The molecule has 0 amide bonds. The smallest absolute Gasteiger partial charge is 0.252 e. The van der Waals surface area contributed by atoms with Crippen molar-refractivity contribution in [1.29, 1.82) is 0 Å². The van der Waals surface area contributed by atoms with Crippen molar-refractivity contribution in [1.82, 2.24) is 19.1 Å². The molecule has 2 aliphatic heterocycles. The second-order valence-electron chi connectivity index (χ2n) is 8.32. The summed E-state index contributed by atoms with van der Waals surface area (Å²) in [5.74, 6) is 0. The topological polar surface area (TPSA) is 35.6 Å². The van der Waals surface area contributed by atoms with Gasteiger partial charge in [-0.3, -0.25) is 9.13 Å². The normalized spacial score (nSPS) is 13.5. The molecule has 2 aliphatic rings. The van der Waals surface area contributed by atoms with Gasteiger partial charge in [0.1, 0.15) is 12.7 Å². The number of hydrogen-bond donors (Lipinski definition) is 0. The molecule has 0 bridgehead atoms. The van der Waals surface area contributed by atoms with Crippen molar-refractivity contribution >= 4 is 45.2 Å². The molecule has 2 aromatic heterocycles. The van der Waals surface area contributed by atoms with E-state index in [1.165, 1.54) is 55.5 Å². The second kappa shape index (κ2) is 4.55. The van der Waals surface area contributed by atoms with Crippen molar-refractivity contribution < 1.29 is 0 Å². The Bertz CT molecular complexity index is 1400. The highest BCUT2D eigenvalue weighted by Crippen LogP contribution is 2.30. The number of hydrogen-bond acceptors (Lipinski definition) is 2. The molecule has 7 rings (SSSR count). The van der Waals surface area contributed by atoms with Gasteiger partial charge in [-0.15, -0.1) is 0 Å². The molecule has 3 aromatic carbocycles. The van der Waals surface area contributed by atoms with E-state index in [4.69, 9.17) is 9.97 Å². The predicted molar refractivity (Wildman–Crippen MR) is 115 cm³/mol. The summed E-state index contributed by atoms with van der Waals surface area (Å²) >= 11 is 0. The van der Waals surface area contributed by atoms with E-state index in [0.29, 0.717) is 0 Å². The molecule has 0 saturated carbocycles. The molecule has 0 spiro atoms. The van der Waals surface area contributed by atoms with Crippen molar-refractivity contribution in [2.45, 2.75) is 20.8 Å². The molecule has 5 aromatic rings. The minimum Gasteiger partial charge on any atom is -0.300 e. The maximum atomic E-state index is 4.75. The fraction of sp³-hybridized carbons (Fsp3) is 0.130. The Morgan fingerprint density at radius 3 is 1.61 bits per heavy atom. The van der Waals surface area contributed by atoms with Crippen molar-refractivity contribution in [3.8, 4) is 11.4 Å². The molecule has 0 atom stereocenters. The maximum absolute atomic E-state index is 4.75. The van der Waals surface area contributed by atoms with Gasteiger partial charge in [-0.2, -0.15) is 0 Å². The van der Waals surface area contributed by atoms with Crippen LogP contribution in [-0.4, -0.2) is 25.8 Å². The second-order valence-corrected chi connectivity index (χ2v) is 8.32. The summed E-state index contributed by atoms with van der Waals surface area (Å²) in [6.07, 6.45) is 3.96. The molecule has 4 nitrogen and oxygen atoms in total. The van der Waals surface area contributed by atoms with Crippen LogP contribution in [0.1, 0.15) is 16.7 Å². The minimum absolute atomic E-state index is 0.212. The molecule has 0 fully saturated rings. The monoisotopic (exact) mass is 360 g/mol. The Kier molecular flexibility index (Phi) is 2.39. The number of aryl methyl sites for hydroxylation is 3. The molecule has 0 unspecified atom stereocenters. The van der Waals surface area contributed by atoms with Crippen LogP contribution >= 0.6 is 0 Å². The fourth-order valence-electron chi connectivity index (χ4n) is 5.39. The van der Waals surface area contributed by atoms with Crippen LogP contribution in [0.25, 0.3) is 33.4 Å². The van der Waals surface area contributed by atoms with E-state index in [0.717, 1.165) is 11.0 Å². The SMILES string of the molecule is Cc1cc2c3c(c1)-n1cnc4cc(C)cc(c41)B3c1cc(C)cc3ncn-2c13. The molecular weight excluding hydrogens is 343 g/mol. The van der Waals surface area contributed by atoms with E-state index < -0.39 is 0 Å². The quantitative estimate of drug-likeness (QED) is 0.390. The highest BCUT2D eigenvalue weighted by molar-refractivity contribution is 7.00. The lowest BCUT2D eigenvalue weighted by Gasteiger charge is -2.33. The summed E-state index contributed by atoms with van der Waals surface area (Å²) in [6.45, 7) is 6.71. The number of nitrogens with zero attached hydrogens (tertiary/aromatic N) is 4. The average molecular weight is 360 g/mol. The van der Waals surface area contributed by atoms with E-state index in [2.05, 4.69) is 66.3 Å². The first-order chi connectivity index (χ1) is 13.6. The number of rotatable bonds is 0. The molecule has 0 aliphatic carbocycles. The van der Waals surface area contributed by atoms with Crippen molar-refractivity contribution in [3.63, 3.8) is 0 Å². The van der Waals surface area contributed by atoms with Gasteiger partial charge in [-0.25, -0.2) is 9.97 Å². The molecule has 4 heterocycles. The van der Waals surface area contributed by atoms with Crippen LogP contribution < -0.4 is 16.4 Å². The summed E-state index contributed by atoms with van der Waals surface area (Å²) in [5.41, 5.74) is 14.9. The van der Waals surface area contributed by atoms with E-state index in [-0.39, 0.29) is 6.71 Å². The Hall–Kier alpha value is -3.34. The highest BCUT2D eigenvalue weighted by atomic mass is 15.1. The van der Waals surface area contributed by atoms with Gasteiger partial charge in [0, 0.05) is 11.4 Å². The minimum atomic E-state index is 0.212. The standard InChI is InChI=1S/C23H17BN4/c1-12-4-15-22-17(6-12)25-10-27(22)19-8-14(3)9-20-21(19)24(15)16-5-13(2)7-18-23(16)28(20)11-26-18/h4-11H,1-3H3. The Morgan fingerprint density at radius 1 is 0.643 bits per heavy atom. The fourth-order valence-corrected chi connectivity index (χ4v) is 5.39. The number of benzene rings is 3. The van der Waals surface area contributed by atoms with E-state index in [9.17, 15) is 0 Å². The van der Waals surface area contributed by atoms with E-state index in [1.54, 1.807) is 0 Å². The van der Waals surface area contributed by atoms with Crippen molar-refractivity contribution in [2.75, 3.05) is 0 Å². The lowest BCUT2D eigenvalue weighted by Crippen LogP contribution is -2.59. The first-order valence-corrected chi connectivity index (χ1v) is 9.70. The van der Waals surface area contributed by atoms with Crippen LogP contribution in [0.3, 0.4) is 0 Å². The predicted octanol–water partition coefficient (Wildman–Crippen LogP) is 2.43. The van der Waals surface area contributed by atoms with Crippen LogP contribution in [0.2, 0.25) is 0 Å². The van der Waals surface area contributed by atoms with E-state index in [1.807, 2.05) is 12.7 Å². The third-order valence-corrected chi connectivity index (χ3v) is 6.34. The molecule has 0 saturated heterocycles. The third-order valence-electron chi connectivity index (χ3n) is 6.34. The number of aromatic nitrogens is 4. The molecule has 0 N–H and O–H groups in total. The van der Waals surface area contributed by atoms with Gasteiger partial charge in [0.05, 0.1) is 22.1 Å². The van der Waals surface area contributed by atoms with Gasteiger partial charge in [-0.1, -0.05) is 12.1 Å². The lowest BCUT2D eigenvalue weighted by molar-refractivity contribution is 1.06.